The number of methoxy groups -OCH3 is 1. The maximum atomic E-state index is 11.5. The first kappa shape index (κ1) is 25.4. The van der Waals surface area contributed by atoms with Crippen LogP contribution in [-0.4, -0.2) is 40.8 Å². The largest absolute Gasteiger partial charge is 0.380 e. The molecule has 2 rings (SSSR count). The number of hydrogen-bond donors (Lipinski definition) is 2. The minimum absolute atomic E-state index is 0. The molecule has 2 aromatic rings. The standard InChI is InChI=1S/C21H29N3O3S.HI/c1-4-22-21(24-15-18-5-7-19(8-6-18)16-27-2)23-14-13-17-9-11-20(12-10-17)28(3,25)26;/h5-12H,4,13-16H2,1-3H3,(H2,22,23,24);1H. The van der Waals surface area contributed by atoms with E-state index < -0.39 is 9.84 Å². The summed E-state index contributed by atoms with van der Waals surface area (Å²) in [5.74, 6) is 0.760. The summed E-state index contributed by atoms with van der Waals surface area (Å²) in [6.45, 7) is 4.71. The van der Waals surface area contributed by atoms with Crippen molar-refractivity contribution in [3.05, 3.63) is 65.2 Å². The Kier molecular flexibility index (Phi) is 11.2. The lowest BCUT2D eigenvalue weighted by atomic mass is 10.1. The molecule has 8 heteroatoms. The molecule has 0 spiro atoms. The minimum Gasteiger partial charge on any atom is -0.380 e. The first-order valence-corrected chi connectivity index (χ1v) is 11.2. The van der Waals surface area contributed by atoms with Crippen LogP contribution in [0.25, 0.3) is 0 Å². The van der Waals surface area contributed by atoms with Gasteiger partial charge in [-0.25, -0.2) is 13.4 Å². The monoisotopic (exact) mass is 531 g/mol. The van der Waals surface area contributed by atoms with Crippen molar-refractivity contribution in [2.45, 2.75) is 31.4 Å². The number of nitrogens with one attached hydrogen (secondary N) is 2. The van der Waals surface area contributed by atoms with Crippen molar-refractivity contribution in [2.24, 2.45) is 4.99 Å². The molecular weight excluding hydrogens is 501 g/mol. The van der Waals surface area contributed by atoms with Gasteiger partial charge >= 0.3 is 0 Å². The Morgan fingerprint density at radius 3 is 2.10 bits per heavy atom. The molecule has 0 saturated carbocycles. The van der Waals surface area contributed by atoms with Crippen LogP contribution in [0, 0.1) is 0 Å². The molecule has 0 aliphatic heterocycles. The highest BCUT2D eigenvalue weighted by Crippen LogP contribution is 2.10. The molecule has 0 unspecified atom stereocenters. The van der Waals surface area contributed by atoms with Crippen molar-refractivity contribution in [2.75, 3.05) is 26.5 Å². The summed E-state index contributed by atoms with van der Waals surface area (Å²) in [5, 5.41) is 6.56. The van der Waals surface area contributed by atoms with Crippen LogP contribution in [0.2, 0.25) is 0 Å². The summed E-state index contributed by atoms with van der Waals surface area (Å²) in [6.07, 6.45) is 1.99. The third kappa shape index (κ3) is 9.14. The van der Waals surface area contributed by atoms with Crippen molar-refractivity contribution in [3.63, 3.8) is 0 Å². The van der Waals surface area contributed by atoms with Gasteiger partial charge in [-0.2, -0.15) is 0 Å². The zero-order chi connectivity index (χ0) is 20.4. The molecule has 2 aromatic carbocycles. The predicted molar refractivity (Wildman–Crippen MR) is 129 cm³/mol. The Balaban J connectivity index is 0.00000420. The van der Waals surface area contributed by atoms with Gasteiger partial charge in [0.1, 0.15) is 0 Å². The van der Waals surface area contributed by atoms with Crippen molar-refractivity contribution in [1.29, 1.82) is 0 Å². The summed E-state index contributed by atoms with van der Waals surface area (Å²) in [7, 11) is -1.47. The molecule has 0 aliphatic carbocycles. The molecule has 0 fully saturated rings. The highest BCUT2D eigenvalue weighted by atomic mass is 127. The van der Waals surface area contributed by atoms with E-state index >= 15 is 0 Å². The summed E-state index contributed by atoms with van der Waals surface area (Å²) in [4.78, 5) is 4.96. The number of nitrogens with zero attached hydrogens (tertiary/aromatic N) is 1. The predicted octanol–water partition coefficient (Wildman–Crippen LogP) is 3.15. The number of hydrogen-bond acceptors (Lipinski definition) is 4. The van der Waals surface area contributed by atoms with Crippen molar-refractivity contribution < 1.29 is 13.2 Å². The lowest BCUT2D eigenvalue weighted by molar-refractivity contribution is 0.185. The SMILES string of the molecule is CCNC(=NCc1ccc(COC)cc1)NCCc1ccc(S(C)(=O)=O)cc1.I. The highest BCUT2D eigenvalue weighted by molar-refractivity contribution is 14.0. The maximum absolute atomic E-state index is 11.5. The van der Waals surface area contributed by atoms with E-state index in [0.29, 0.717) is 24.6 Å². The van der Waals surface area contributed by atoms with Crippen LogP contribution < -0.4 is 10.6 Å². The van der Waals surface area contributed by atoms with Crippen LogP contribution in [0.1, 0.15) is 23.6 Å². The van der Waals surface area contributed by atoms with Gasteiger partial charge in [-0.3, -0.25) is 0 Å². The Morgan fingerprint density at radius 2 is 1.55 bits per heavy atom. The molecular formula is C21H30IN3O3S. The molecule has 0 aromatic heterocycles. The molecule has 0 aliphatic rings. The zero-order valence-corrected chi connectivity index (χ0v) is 20.3. The number of benzene rings is 2. The summed E-state index contributed by atoms with van der Waals surface area (Å²) >= 11 is 0. The average molecular weight is 531 g/mol. The molecule has 0 radical (unpaired) electrons. The average Bonchev–Trinajstić information content (AvgIpc) is 2.67. The second-order valence-electron chi connectivity index (χ2n) is 6.54. The van der Waals surface area contributed by atoms with E-state index in [2.05, 4.69) is 39.9 Å². The Morgan fingerprint density at radius 1 is 0.966 bits per heavy atom. The summed E-state index contributed by atoms with van der Waals surface area (Å²) in [6, 6.07) is 15.2. The first-order valence-electron chi connectivity index (χ1n) is 9.30. The van der Waals surface area contributed by atoms with Crippen molar-refractivity contribution in [1.82, 2.24) is 10.6 Å². The molecule has 2 N–H and O–H groups in total. The smallest absolute Gasteiger partial charge is 0.191 e. The second-order valence-corrected chi connectivity index (χ2v) is 8.55. The van der Waals surface area contributed by atoms with Gasteiger partial charge in [0.15, 0.2) is 15.8 Å². The van der Waals surface area contributed by atoms with Crippen molar-refractivity contribution >= 4 is 39.8 Å². The first-order chi connectivity index (χ1) is 13.4. The van der Waals surface area contributed by atoms with E-state index in [9.17, 15) is 8.42 Å². The number of aliphatic imine (C=N–C) groups is 1. The third-order valence-corrected chi connectivity index (χ3v) is 5.28. The van der Waals surface area contributed by atoms with Crippen LogP contribution in [0.3, 0.4) is 0 Å². The molecule has 0 amide bonds. The van der Waals surface area contributed by atoms with Gasteiger partial charge in [-0.15, -0.1) is 24.0 Å². The van der Waals surface area contributed by atoms with Gasteiger partial charge < -0.3 is 15.4 Å². The van der Waals surface area contributed by atoms with Crippen LogP contribution in [0.4, 0.5) is 0 Å². The normalized spacial score (nSPS) is 11.6. The second kappa shape index (κ2) is 12.8. The van der Waals surface area contributed by atoms with Gasteiger partial charge in [0, 0.05) is 26.5 Å². The van der Waals surface area contributed by atoms with Crippen LogP contribution in [0.5, 0.6) is 0 Å². The fourth-order valence-electron chi connectivity index (χ4n) is 2.65. The van der Waals surface area contributed by atoms with E-state index in [4.69, 9.17) is 4.74 Å². The molecule has 160 valence electrons. The molecule has 29 heavy (non-hydrogen) atoms. The zero-order valence-electron chi connectivity index (χ0n) is 17.1. The Hall–Kier alpha value is -1.65. The fraction of sp³-hybridized carbons (Fsp3) is 0.381. The number of guanidine groups is 1. The molecule has 0 heterocycles. The summed E-state index contributed by atoms with van der Waals surface area (Å²) < 4.78 is 28.2. The third-order valence-electron chi connectivity index (χ3n) is 4.16. The van der Waals surface area contributed by atoms with Gasteiger partial charge in [-0.05, 0) is 42.2 Å². The van der Waals surface area contributed by atoms with E-state index in [1.807, 2.05) is 19.1 Å². The maximum Gasteiger partial charge on any atom is 0.191 e. The van der Waals surface area contributed by atoms with Gasteiger partial charge in [0.05, 0.1) is 18.0 Å². The highest BCUT2D eigenvalue weighted by Gasteiger charge is 2.06. The number of ether oxygens (including phenoxy) is 1. The van der Waals surface area contributed by atoms with Gasteiger partial charge in [-0.1, -0.05) is 36.4 Å². The number of rotatable bonds is 9. The molecule has 0 bridgehead atoms. The molecule has 6 nitrogen and oxygen atoms in total. The van der Waals surface area contributed by atoms with Crippen LogP contribution in [0.15, 0.2) is 58.4 Å². The van der Waals surface area contributed by atoms with E-state index in [1.54, 1.807) is 19.2 Å². The minimum atomic E-state index is -3.15. The summed E-state index contributed by atoms with van der Waals surface area (Å²) in [5.41, 5.74) is 3.35. The van der Waals surface area contributed by atoms with E-state index in [-0.39, 0.29) is 24.0 Å². The molecule has 0 saturated heterocycles. The fourth-order valence-corrected chi connectivity index (χ4v) is 3.28. The lowest BCUT2D eigenvalue weighted by Gasteiger charge is -2.11. The van der Waals surface area contributed by atoms with E-state index in [1.165, 1.54) is 6.26 Å². The number of sulfone groups is 1. The Labute approximate surface area is 191 Å². The van der Waals surface area contributed by atoms with Crippen LogP contribution >= 0.6 is 24.0 Å². The van der Waals surface area contributed by atoms with Gasteiger partial charge in [0.25, 0.3) is 0 Å². The van der Waals surface area contributed by atoms with Gasteiger partial charge in [0.2, 0.25) is 0 Å². The number of halogens is 1. The van der Waals surface area contributed by atoms with Crippen molar-refractivity contribution in [3.8, 4) is 0 Å². The lowest BCUT2D eigenvalue weighted by Crippen LogP contribution is -2.38. The van der Waals surface area contributed by atoms with E-state index in [0.717, 1.165) is 35.6 Å². The quantitative estimate of drug-likeness (QED) is 0.295. The Bertz CT molecular complexity index is 867. The topological polar surface area (TPSA) is 79.8 Å². The molecule has 0 atom stereocenters. The van der Waals surface area contributed by atoms with Crippen LogP contribution in [-0.2, 0) is 34.1 Å².